The van der Waals surface area contributed by atoms with E-state index in [0.29, 0.717) is 21.4 Å². The van der Waals surface area contributed by atoms with Crippen LogP contribution in [-0.2, 0) is 0 Å². The summed E-state index contributed by atoms with van der Waals surface area (Å²) in [6.07, 6.45) is 0. The van der Waals surface area contributed by atoms with Gasteiger partial charge in [-0.2, -0.15) is 0 Å². The average Bonchev–Trinajstić information content (AvgIpc) is 2.33. The zero-order valence-electron chi connectivity index (χ0n) is 9.56. The second-order valence-corrected chi connectivity index (χ2v) is 4.60. The molecule has 2 aromatic carbocycles. The lowest BCUT2D eigenvalue weighted by atomic mass is 10.2. The summed E-state index contributed by atoms with van der Waals surface area (Å²) in [6.45, 7) is 0. The number of nitrogens with one attached hydrogen (secondary N) is 1. The Kier molecular flexibility index (Phi) is 3.78. The van der Waals surface area contributed by atoms with Crippen molar-refractivity contribution in [1.29, 1.82) is 0 Å². The average molecular weight is 298 g/mol. The van der Waals surface area contributed by atoms with E-state index in [1.54, 1.807) is 24.3 Å². The van der Waals surface area contributed by atoms with Crippen LogP contribution in [0.15, 0.2) is 36.4 Å². The largest absolute Gasteiger partial charge is 0.393 e. The molecule has 0 saturated carbocycles. The summed E-state index contributed by atoms with van der Waals surface area (Å²) in [6, 6.07) is 9.45. The number of nitrogen functional groups attached to an aromatic ring is 1. The van der Waals surface area contributed by atoms with Gasteiger partial charge in [-0.15, -0.1) is 0 Å². The van der Waals surface area contributed by atoms with Crippen molar-refractivity contribution in [2.75, 3.05) is 11.1 Å². The fourth-order valence-electron chi connectivity index (χ4n) is 1.54. The van der Waals surface area contributed by atoms with Gasteiger partial charge < -0.3 is 11.1 Å². The van der Waals surface area contributed by atoms with Crippen LogP contribution in [0.5, 0.6) is 0 Å². The molecule has 0 aliphatic carbocycles. The lowest BCUT2D eigenvalue weighted by Crippen LogP contribution is -1.97. The molecule has 0 radical (unpaired) electrons. The predicted molar refractivity (Wildman–Crippen MR) is 77.3 cm³/mol. The predicted octanol–water partition coefficient (Wildman–Crippen LogP) is 4.23. The Labute approximate surface area is 119 Å². The first kappa shape index (κ1) is 13.5. The van der Waals surface area contributed by atoms with Crippen LogP contribution in [-0.4, -0.2) is 4.92 Å². The van der Waals surface area contributed by atoms with Gasteiger partial charge in [0.25, 0.3) is 5.69 Å². The minimum Gasteiger partial charge on any atom is -0.393 e. The molecule has 0 aliphatic heterocycles. The Bertz CT molecular complexity index is 647. The summed E-state index contributed by atoms with van der Waals surface area (Å²) >= 11 is 11.7. The number of nitrogens with zero attached hydrogens (tertiary/aromatic N) is 1. The number of nitro benzene ring substituents is 1. The van der Waals surface area contributed by atoms with E-state index in [0.717, 1.165) is 0 Å². The van der Waals surface area contributed by atoms with E-state index in [-0.39, 0.29) is 11.4 Å². The fourth-order valence-corrected chi connectivity index (χ4v) is 1.84. The molecule has 19 heavy (non-hydrogen) atoms. The van der Waals surface area contributed by atoms with E-state index in [9.17, 15) is 10.1 Å². The second-order valence-electron chi connectivity index (χ2n) is 3.78. The molecule has 2 rings (SSSR count). The summed E-state index contributed by atoms with van der Waals surface area (Å²) < 4.78 is 0. The van der Waals surface area contributed by atoms with Crippen LogP contribution in [0.25, 0.3) is 0 Å². The van der Waals surface area contributed by atoms with Crippen LogP contribution in [0.2, 0.25) is 10.0 Å². The van der Waals surface area contributed by atoms with Crippen molar-refractivity contribution in [2.45, 2.75) is 0 Å². The quantitative estimate of drug-likeness (QED) is 0.505. The first-order valence-corrected chi connectivity index (χ1v) is 5.99. The molecule has 2 aromatic rings. The Morgan fingerprint density at radius 1 is 1.05 bits per heavy atom. The topological polar surface area (TPSA) is 81.2 Å². The van der Waals surface area contributed by atoms with E-state index in [4.69, 9.17) is 28.9 Å². The molecule has 5 nitrogen and oxygen atoms in total. The maximum atomic E-state index is 10.6. The number of hydrogen-bond acceptors (Lipinski definition) is 4. The highest BCUT2D eigenvalue weighted by molar-refractivity contribution is 6.42. The van der Waals surface area contributed by atoms with Crippen molar-refractivity contribution >= 4 is 46.0 Å². The minimum absolute atomic E-state index is 0.0926. The van der Waals surface area contributed by atoms with E-state index in [2.05, 4.69) is 5.32 Å². The molecule has 0 heterocycles. The first-order valence-electron chi connectivity index (χ1n) is 5.23. The molecule has 3 N–H and O–H groups in total. The highest BCUT2D eigenvalue weighted by Gasteiger charge is 2.11. The van der Waals surface area contributed by atoms with Gasteiger partial charge >= 0.3 is 0 Å². The summed E-state index contributed by atoms with van der Waals surface area (Å²) in [7, 11) is 0. The maximum Gasteiger partial charge on any atom is 0.292 e. The fraction of sp³-hybridized carbons (Fsp3) is 0. The second kappa shape index (κ2) is 5.34. The normalized spacial score (nSPS) is 10.2. The Morgan fingerprint density at radius 2 is 1.68 bits per heavy atom. The van der Waals surface area contributed by atoms with Gasteiger partial charge in [-0.1, -0.05) is 23.2 Å². The summed E-state index contributed by atoms with van der Waals surface area (Å²) in [5.41, 5.74) is 6.91. The van der Waals surface area contributed by atoms with Crippen molar-refractivity contribution in [3.05, 3.63) is 56.6 Å². The smallest absolute Gasteiger partial charge is 0.292 e. The van der Waals surface area contributed by atoms with E-state index < -0.39 is 4.92 Å². The summed E-state index contributed by atoms with van der Waals surface area (Å²) in [4.78, 5) is 10.1. The van der Waals surface area contributed by atoms with Gasteiger partial charge in [-0.3, -0.25) is 10.1 Å². The molecular formula is C12H9Cl2N3O2. The summed E-state index contributed by atoms with van der Waals surface area (Å²) in [5, 5.41) is 14.6. The van der Waals surface area contributed by atoms with Crippen molar-refractivity contribution in [3.8, 4) is 0 Å². The van der Waals surface area contributed by atoms with E-state index >= 15 is 0 Å². The Morgan fingerprint density at radius 3 is 2.26 bits per heavy atom. The van der Waals surface area contributed by atoms with Gasteiger partial charge in [0, 0.05) is 17.4 Å². The van der Waals surface area contributed by atoms with Gasteiger partial charge in [0.1, 0.15) is 5.69 Å². The number of anilines is 3. The van der Waals surface area contributed by atoms with Crippen LogP contribution in [0.1, 0.15) is 0 Å². The molecule has 0 aromatic heterocycles. The van der Waals surface area contributed by atoms with Crippen LogP contribution in [0.3, 0.4) is 0 Å². The molecule has 0 aliphatic rings. The van der Waals surface area contributed by atoms with Crippen LogP contribution < -0.4 is 11.1 Å². The first-order chi connectivity index (χ1) is 8.97. The molecule has 98 valence electrons. The van der Waals surface area contributed by atoms with E-state index in [1.807, 2.05) is 0 Å². The van der Waals surface area contributed by atoms with Gasteiger partial charge in [-0.05, 0) is 30.3 Å². The van der Waals surface area contributed by atoms with Crippen LogP contribution in [0.4, 0.5) is 22.7 Å². The van der Waals surface area contributed by atoms with Crippen molar-refractivity contribution in [3.63, 3.8) is 0 Å². The van der Waals surface area contributed by atoms with Crippen LogP contribution in [0, 0.1) is 10.1 Å². The minimum atomic E-state index is -0.529. The standard InChI is InChI=1S/C12H9Cl2N3O2/c13-9-3-1-7(5-10(9)14)16-8-2-4-12(17(18)19)11(15)6-8/h1-6,16H,15H2. The number of nitro groups is 1. The van der Waals surface area contributed by atoms with Gasteiger partial charge in [0.2, 0.25) is 0 Å². The van der Waals surface area contributed by atoms with Gasteiger partial charge in [-0.25, -0.2) is 0 Å². The number of benzene rings is 2. The number of hydrogen-bond donors (Lipinski definition) is 2. The third-order valence-electron chi connectivity index (χ3n) is 2.43. The highest BCUT2D eigenvalue weighted by Crippen LogP contribution is 2.29. The Hall–Kier alpha value is -1.98. The lowest BCUT2D eigenvalue weighted by molar-refractivity contribution is -0.383. The molecule has 0 unspecified atom stereocenters. The molecular weight excluding hydrogens is 289 g/mol. The Balaban J connectivity index is 2.26. The highest BCUT2D eigenvalue weighted by atomic mass is 35.5. The number of halogens is 2. The molecule has 0 atom stereocenters. The maximum absolute atomic E-state index is 10.6. The molecule has 0 spiro atoms. The van der Waals surface area contributed by atoms with Crippen molar-refractivity contribution < 1.29 is 4.92 Å². The van der Waals surface area contributed by atoms with Crippen LogP contribution >= 0.6 is 23.2 Å². The number of rotatable bonds is 3. The van der Waals surface area contributed by atoms with Gasteiger partial charge in [0.15, 0.2) is 0 Å². The van der Waals surface area contributed by atoms with E-state index in [1.165, 1.54) is 12.1 Å². The van der Waals surface area contributed by atoms with Crippen molar-refractivity contribution in [2.24, 2.45) is 0 Å². The molecule has 7 heteroatoms. The SMILES string of the molecule is Nc1cc(Nc2ccc(Cl)c(Cl)c2)ccc1[N+](=O)[O-]. The lowest BCUT2D eigenvalue weighted by Gasteiger charge is -2.08. The molecule has 0 bridgehead atoms. The molecule has 0 saturated heterocycles. The monoisotopic (exact) mass is 297 g/mol. The molecule has 0 amide bonds. The third-order valence-corrected chi connectivity index (χ3v) is 3.17. The van der Waals surface area contributed by atoms with Gasteiger partial charge in [0.05, 0.1) is 15.0 Å². The zero-order chi connectivity index (χ0) is 14.0. The number of nitrogens with two attached hydrogens (primary N) is 1. The molecule has 0 fully saturated rings. The van der Waals surface area contributed by atoms with Crippen molar-refractivity contribution in [1.82, 2.24) is 0 Å². The summed E-state index contributed by atoms with van der Waals surface area (Å²) in [5.74, 6) is 0. The zero-order valence-corrected chi connectivity index (χ0v) is 11.1. The third kappa shape index (κ3) is 3.07.